The molecule has 1 fully saturated rings. The monoisotopic (exact) mass is 235 g/mol. The lowest BCUT2D eigenvalue weighted by Gasteiger charge is -2.03. The summed E-state index contributed by atoms with van der Waals surface area (Å²) in [4.78, 5) is 17.2. The number of hydrogen-bond acceptors (Lipinski definition) is 4. The molecule has 0 atom stereocenters. The Hall–Kier alpha value is -1.41. The van der Waals surface area contributed by atoms with Crippen molar-refractivity contribution in [3.8, 4) is 6.07 Å². The summed E-state index contributed by atoms with van der Waals surface area (Å²) < 4.78 is 0. The van der Waals surface area contributed by atoms with Crippen molar-refractivity contribution in [2.75, 3.05) is 5.32 Å². The van der Waals surface area contributed by atoms with Gasteiger partial charge in [0.05, 0.1) is 11.8 Å². The van der Waals surface area contributed by atoms with Gasteiger partial charge in [-0.25, -0.2) is 4.98 Å². The molecular weight excluding hydrogens is 222 g/mol. The fraction of sp³-hybridized carbons (Fsp3) is 0.545. The van der Waals surface area contributed by atoms with E-state index in [2.05, 4.69) is 16.4 Å². The molecule has 1 saturated carbocycles. The largest absolute Gasteiger partial charge is 0.301 e. The average Bonchev–Trinajstić information content (AvgIpc) is 2.99. The lowest BCUT2D eigenvalue weighted by molar-refractivity contribution is -0.119. The van der Waals surface area contributed by atoms with Crippen LogP contribution in [0.25, 0.3) is 0 Å². The summed E-state index contributed by atoms with van der Waals surface area (Å²) >= 11 is 1.47. The van der Waals surface area contributed by atoms with Crippen LogP contribution in [-0.4, -0.2) is 10.9 Å². The van der Waals surface area contributed by atoms with Gasteiger partial charge in [0.25, 0.3) is 0 Å². The van der Waals surface area contributed by atoms with Crippen molar-refractivity contribution < 1.29 is 4.79 Å². The van der Waals surface area contributed by atoms with Gasteiger partial charge in [0.1, 0.15) is 5.41 Å². The number of aryl methyl sites for hydroxylation is 2. The normalized spacial score (nSPS) is 16.6. The summed E-state index contributed by atoms with van der Waals surface area (Å²) in [7, 11) is 0. The van der Waals surface area contributed by atoms with Crippen LogP contribution in [0.1, 0.15) is 30.3 Å². The van der Waals surface area contributed by atoms with Crippen LogP contribution in [0.4, 0.5) is 5.13 Å². The molecule has 0 unspecified atom stereocenters. The first-order chi connectivity index (χ1) is 7.61. The lowest BCUT2D eigenvalue weighted by atomic mass is 10.1. The van der Waals surface area contributed by atoms with Crippen LogP contribution in [0.5, 0.6) is 0 Å². The molecule has 1 amide bonds. The third-order valence-corrected chi connectivity index (χ3v) is 3.78. The Labute approximate surface area is 98.3 Å². The van der Waals surface area contributed by atoms with E-state index in [4.69, 9.17) is 5.26 Å². The van der Waals surface area contributed by atoms with Gasteiger partial charge in [-0.1, -0.05) is 6.92 Å². The van der Waals surface area contributed by atoms with Crippen LogP contribution in [-0.2, 0) is 11.2 Å². The Morgan fingerprint density at radius 1 is 1.69 bits per heavy atom. The highest BCUT2D eigenvalue weighted by molar-refractivity contribution is 7.15. The van der Waals surface area contributed by atoms with Crippen LogP contribution < -0.4 is 5.32 Å². The molecule has 2 rings (SSSR count). The number of hydrogen-bond donors (Lipinski definition) is 1. The molecule has 84 valence electrons. The van der Waals surface area contributed by atoms with Gasteiger partial charge in [-0.15, -0.1) is 11.3 Å². The standard InChI is InChI=1S/C11H13N3OS/c1-3-8-7(2)16-10(13-8)14-9(15)11(6-12)4-5-11/h3-5H2,1-2H3,(H,13,14,15). The van der Waals surface area contributed by atoms with Gasteiger partial charge in [0.15, 0.2) is 5.13 Å². The molecule has 1 heterocycles. The number of carbonyl (C=O) groups is 1. The van der Waals surface area contributed by atoms with Gasteiger partial charge in [-0.2, -0.15) is 5.26 Å². The van der Waals surface area contributed by atoms with Crippen molar-refractivity contribution in [2.24, 2.45) is 5.41 Å². The summed E-state index contributed by atoms with van der Waals surface area (Å²) in [5.74, 6) is -0.202. The van der Waals surface area contributed by atoms with Crippen molar-refractivity contribution in [1.82, 2.24) is 4.98 Å². The maximum atomic E-state index is 11.8. The quantitative estimate of drug-likeness (QED) is 0.873. The van der Waals surface area contributed by atoms with Crippen molar-refractivity contribution in [3.63, 3.8) is 0 Å². The van der Waals surface area contributed by atoms with E-state index in [1.807, 2.05) is 13.8 Å². The second-order valence-corrected chi connectivity index (χ2v) is 5.23. The number of rotatable bonds is 3. The first-order valence-corrected chi connectivity index (χ1v) is 6.12. The van der Waals surface area contributed by atoms with Crippen LogP contribution in [0.2, 0.25) is 0 Å². The maximum Gasteiger partial charge on any atom is 0.246 e. The van der Waals surface area contributed by atoms with Crippen LogP contribution in [0.3, 0.4) is 0 Å². The van der Waals surface area contributed by atoms with Gasteiger partial charge in [-0.3, -0.25) is 4.79 Å². The summed E-state index contributed by atoms with van der Waals surface area (Å²) in [5, 5.41) is 12.2. The third-order valence-electron chi connectivity index (χ3n) is 2.85. The second-order valence-electron chi connectivity index (χ2n) is 4.02. The summed E-state index contributed by atoms with van der Waals surface area (Å²) in [6.07, 6.45) is 2.20. The van der Waals surface area contributed by atoms with E-state index in [0.29, 0.717) is 18.0 Å². The van der Waals surface area contributed by atoms with Gasteiger partial charge < -0.3 is 5.32 Å². The molecule has 0 aromatic carbocycles. The molecule has 0 saturated heterocycles. The molecule has 0 bridgehead atoms. The van der Waals surface area contributed by atoms with Gasteiger partial charge in [-0.05, 0) is 26.2 Å². The molecule has 0 spiro atoms. The van der Waals surface area contributed by atoms with Crippen LogP contribution >= 0.6 is 11.3 Å². The molecule has 1 aliphatic carbocycles. The Bertz CT molecular complexity index is 468. The number of thiazole rings is 1. The molecule has 1 aromatic heterocycles. The molecule has 0 aliphatic heterocycles. The number of aromatic nitrogens is 1. The van der Waals surface area contributed by atoms with Crippen molar-refractivity contribution >= 4 is 22.4 Å². The summed E-state index contributed by atoms with van der Waals surface area (Å²) in [6.45, 7) is 4.02. The zero-order valence-corrected chi connectivity index (χ0v) is 10.1. The average molecular weight is 235 g/mol. The van der Waals surface area contributed by atoms with Crippen LogP contribution in [0.15, 0.2) is 0 Å². The maximum absolute atomic E-state index is 11.8. The number of nitriles is 1. The smallest absolute Gasteiger partial charge is 0.246 e. The van der Waals surface area contributed by atoms with Gasteiger partial charge >= 0.3 is 0 Å². The molecule has 4 nitrogen and oxygen atoms in total. The fourth-order valence-corrected chi connectivity index (χ4v) is 2.44. The Morgan fingerprint density at radius 3 is 2.81 bits per heavy atom. The minimum atomic E-state index is -0.772. The van der Waals surface area contributed by atoms with Crippen molar-refractivity contribution in [3.05, 3.63) is 10.6 Å². The number of carbonyl (C=O) groups excluding carboxylic acids is 1. The highest BCUT2D eigenvalue weighted by Crippen LogP contribution is 2.45. The lowest BCUT2D eigenvalue weighted by Crippen LogP contribution is -2.22. The first kappa shape index (κ1) is 11.1. The molecule has 1 aromatic rings. The van der Waals surface area contributed by atoms with E-state index in [0.717, 1.165) is 17.0 Å². The number of nitrogens with zero attached hydrogens (tertiary/aromatic N) is 2. The van der Waals surface area contributed by atoms with Gasteiger partial charge in [0, 0.05) is 4.88 Å². The second kappa shape index (κ2) is 3.87. The molecular formula is C11H13N3OS. The Morgan fingerprint density at radius 2 is 2.38 bits per heavy atom. The zero-order valence-electron chi connectivity index (χ0n) is 9.33. The molecule has 0 radical (unpaired) electrons. The van der Waals surface area contributed by atoms with E-state index in [1.54, 1.807) is 0 Å². The van der Waals surface area contributed by atoms with Crippen LogP contribution in [0, 0.1) is 23.7 Å². The summed E-state index contributed by atoms with van der Waals surface area (Å²) in [6, 6.07) is 2.07. The summed E-state index contributed by atoms with van der Waals surface area (Å²) in [5.41, 5.74) is 0.244. The van der Waals surface area contributed by atoms with E-state index in [9.17, 15) is 4.79 Å². The Balaban J connectivity index is 2.10. The zero-order chi connectivity index (χ0) is 11.8. The predicted molar refractivity (Wildman–Crippen MR) is 62.1 cm³/mol. The fourth-order valence-electron chi connectivity index (χ4n) is 1.54. The van der Waals surface area contributed by atoms with E-state index >= 15 is 0 Å². The third kappa shape index (κ3) is 1.81. The minimum Gasteiger partial charge on any atom is -0.301 e. The molecule has 1 aliphatic rings. The van der Waals surface area contributed by atoms with Crippen molar-refractivity contribution in [1.29, 1.82) is 5.26 Å². The predicted octanol–water partition coefficient (Wildman–Crippen LogP) is 2.26. The number of amides is 1. The van der Waals surface area contributed by atoms with Crippen molar-refractivity contribution in [2.45, 2.75) is 33.1 Å². The molecule has 16 heavy (non-hydrogen) atoms. The topological polar surface area (TPSA) is 65.8 Å². The van der Waals surface area contributed by atoms with E-state index < -0.39 is 5.41 Å². The highest BCUT2D eigenvalue weighted by atomic mass is 32.1. The number of anilines is 1. The highest BCUT2D eigenvalue weighted by Gasteiger charge is 2.50. The van der Waals surface area contributed by atoms with Gasteiger partial charge in [0.2, 0.25) is 5.91 Å². The van der Waals surface area contributed by atoms with E-state index in [-0.39, 0.29) is 5.91 Å². The first-order valence-electron chi connectivity index (χ1n) is 5.30. The molecule has 1 N–H and O–H groups in total. The van der Waals surface area contributed by atoms with E-state index in [1.165, 1.54) is 11.3 Å². The Kier molecular flexibility index (Phi) is 2.68. The number of nitrogens with one attached hydrogen (secondary N) is 1. The molecule has 5 heteroatoms. The minimum absolute atomic E-state index is 0.202. The SMILES string of the molecule is CCc1nc(NC(=O)C2(C#N)CC2)sc1C.